The van der Waals surface area contributed by atoms with Gasteiger partial charge in [-0.15, -0.1) is 0 Å². The molecule has 1 aromatic heterocycles. The number of nitrogens with zero attached hydrogens (tertiary/aromatic N) is 2. The Kier molecular flexibility index (Phi) is 8.34. The zero-order chi connectivity index (χ0) is 27.0. The van der Waals surface area contributed by atoms with E-state index in [1.807, 2.05) is 0 Å². The van der Waals surface area contributed by atoms with Crippen LogP contribution in [0.4, 0.5) is 5.69 Å². The first-order valence-electron chi connectivity index (χ1n) is 11.7. The number of sulfonamides is 1. The molecular formula is C28H25N3O6S. The lowest BCUT2D eigenvalue weighted by molar-refractivity contribution is -0.119. The summed E-state index contributed by atoms with van der Waals surface area (Å²) in [6, 6.07) is 26.4. The van der Waals surface area contributed by atoms with Crippen LogP contribution in [0.5, 0.6) is 0 Å². The number of hydrogen-bond donors (Lipinski definition) is 1. The summed E-state index contributed by atoms with van der Waals surface area (Å²) in [5, 5.41) is 3.91. The number of anilines is 1. The quantitative estimate of drug-likeness (QED) is 0.183. The molecule has 0 aliphatic rings. The summed E-state index contributed by atoms with van der Waals surface area (Å²) in [6.45, 7) is 1.56. The molecule has 0 saturated carbocycles. The monoisotopic (exact) mass is 531 g/mol. The number of hydrogen-bond acceptors (Lipinski definition) is 7. The fraction of sp³-hybridized carbons (Fsp3) is 0.107. The number of hydrazone groups is 1. The van der Waals surface area contributed by atoms with Gasteiger partial charge in [-0.25, -0.2) is 18.6 Å². The third kappa shape index (κ3) is 6.34. The van der Waals surface area contributed by atoms with Crippen molar-refractivity contribution in [3.05, 3.63) is 108 Å². The smallest absolute Gasteiger partial charge is 0.338 e. The van der Waals surface area contributed by atoms with Gasteiger partial charge < -0.3 is 9.15 Å². The molecule has 0 aliphatic carbocycles. The van der Waals surface area contributed by atoms with Gasteiger partial charge in [0, 0.05) is 5.56 Å². The van der Waals surface area contributed by atoms with Gasteiger partial charge in [-0.2, -0.15) is 5.10 Å². The number of rotatable bonds is 10. The maximum Gasteiger partial charge on any atom is 0.338 e. The van der Waals surface area contributed by atoms with Crippen molar-refractivity contribution in [1.29, 1.82) is 0 Å². The molecule has 194 valence electrons. The van der Waals surface area contributed by atoms with Crippen LogP contribution in [-0.4, -0.2) is 39.7 Å². The highest BCUT2D eigenvalue weighted by molar-refractivity contribution is 7.92. The minimum atomic E-state index is -3.99. The van der Waals surface area contributed by atoms with E-state index in [0.29, 0.717) is 29.4 Å². The summed E-state index contributed by atoms with van der Waals surface area (Å²) in [5.41, 5.74) is 3.87. The van der Waals surface area contributed by atoms with Gasteiger partial charge >= 0.3 is 5.97 Å². The molecular weight excluding hydrogens is 506 g/mol. The lowest BCUT2D eigenvalue weighted by Crippen LogP contribution is -2.39. The van der Waals surface area contributed by atoms with E-state index >= 15 is 0 Å². The zero-order valence-corrected chi connectivity index (χ0v) is 21.3. The van der Waals surface area contributed by atoms with Crippen molar-refractivity contribution >= 4 is 33.8 Å². The second kappa shape index (κ2) is 12.0. The highest BCUT2D eigenvalue weighted by Crippen LogP contribution is 2.24. The lowest BCUT2D eigenvalue weighted by Gasteiger charge is -2.23. The average molecular weight is 532 g/mol. The summed E-state index contributed by atoms with van der Waals surface area (Å²) in [5.74, 6) is -0.126. The average Bonchev–Trinajstić information content (AvgIpc) is 3.42. The minimum Gasteiger partial charge on any atom is -0.462 e. The Hall–Kier alpha value is -4.70. The third-order valence-corrected chi connectivity index (χ3v) is 7.14. The summed E-state index contributed by atoms with van der Waals surface area (Å²) in [4.78, 5) is 24.5. The van der Waals surface area contributed by atoms with Crippen molar-refractivity contribution in [2.75, 3.05) is 17.5 Å². The van der Waals surface area contributed by atoms with E-state index in [0.717, 1.165) is 9.87 Å². The molecule has 0 radical (unpaired) electrons. The van der Waals surface area contributed by atoms with Gasteiger partial charge in [-0.05, 0) is 55.5 Å². The molecule has 0 spiro atoms. The largest absolute Gasteiger partial charge is 0.462 e. The molecule has 10 heteroatoms. The van der Waals surface area contributed by atoms with Crippen molar-refractivity contribution in [3.8, 4) is 11.3 Å². The maximum atomic E-state index is 13.3. The molecule has 3 aromatic carbocycles. The molecule has 4 rings (SSSR count). The number of furan rings is 1. The van der Waals surface area contributed by atoms with Crippen LogP contribution >= 0.6 is 0 Å². The van der Waals surface area contributed by atoms with Crippen molar-refractivity contribution in [1.82, 2.24) is 5.43 Å². The zero-order valence-electron chi connectivity index (χ0n) is 20.5. The molecule has 38 heavy (non-hydrogen) atoms. The van der Waals surface area contributed by atoms with Crippen LogP contribution in [0.25, 0.3) is 11.3 Å². The van der Waals surface area contributed by atoms with Gasteiger partial charge in [-0.1, -0.05) is 48.5 Å². The number of nitrogens with one attached hydrogen (secondary N) is 1. The summed E-state index contributed by atoms with van der Waals surface area (Å²) in [6.07, 6.45) is 1.31. The van der Waals surface area contributed by atoms with Crippen molar-refractivity contribution in [2.24, 2.45) is 5.10 Å². The number of carbonyl (C=O) groups excluding carboxylic acids is 2. The summed E-state index contributed by atoms with van der Waals surface area (Å²) < 4.78 is 38.3. The first-order chi connectivity index (χ1) is 18.4. The van der Waals surface area contributed by atoms with Gasteiger partial charge in [0.25, 0.3) is 15.9 Å². The Balaban J connectivity index is 1.42. The van der Waals surface area contributed by atoms with Gasteiger partial charge in [0.2, 0.25) is 0 Å². The Morgan fingerprint density at radius 2 is 1.58 bits per heavy atom. The highest BCUT2D eigenvalue weighted by Gasteiger charge is 2.26. The standard InChI is InChI=1S/C28H25N3O6S/c1-2-36-28(33)22-15-13-21(14-16-22)26-18-17-24(37-26)19-29-30-27(32)20-31(23-9-5-3-6-10-23)38(34,35)25-11-7-4-8-12-25/h3-19H,2,20H2,1H3,(H,30,32)/b29-19+. The predicted molar refractivity (Wildman–Crippen MR) is 143 cm³/mol. The van der Waals surface area contributed by atoms with Crippen LogP contribution in [-0.2, 0) is 19.6 Å². The summed E-state index contributed by atoms with van der Waals surface area (Å²) in [7, 11) is -3.99. The SMILES string of the molecule is CCOC(=O)c1ccc(-c2ccc(/C=N/NC(=O)CN(c3ccccc3)S(=O)(=O)c3ccccc3)o2)cc1. The van der Waals surface area contributed by atoms with Gasteiger partial charge in [0.05, 0.1) is 29.0 Å². The number of carbonyl (C=O) groups is 2. The number of para-hydroxylation sites is 1. The normalized spacial score (nSPS) is 11.3. The maximum absolute atomic E-state index is 13.3. The van der Waals surface area contributed by atoms with Crippen molar-refractivity contribution in [3.63, 3.8) is 0 Å². The molecule has 1 amide bonds. The molecule has 1 heterocycles. The number of benzene rings is 3. The third-order valence-electron chi connectivity index (χ3n) is 5.35. The van der Waals surface area contributed by atoms with Gasteiger partial charge in [0.15, 0.2) is 0 Å². The molecule has 0 atom stereocenters. The Bertz CT molecular complexity index is 1520. The highest BCUT2D eigenvalue weighted by atomic mass is 32.2. The van der Waals surface area contributed by atoms with Crippen LogP contribution in [0, 0.1) is 0 Å². The molecule has 9 nitrogen and oxygen atoms in total. The fourth-order valence-electron chi connectivity index (χ4n) is 3.53. The molecule has 0 fully saturated rings. The van der Waals surface area contributed by atoms with E-state index in [1.165, 1.54) is 18.3 Å². The number of ether oxygens (including phenoxy) is 1. The second-order valence-electron chi connectivity index (χ2n) is 7.95. The first-order valence-corrected chi connectivity index (χ1v) is 13.1. The van der Waals surface area contributed by atoms with E-state index in [9.17, 15) is 18.0 Å². The van der Waals surface area contributed by atoms with Gasteiger partial charge in [-0.3, -0.25) is 9.10 Å². The molecule has 0 saturated heterocycles. The van der Waals surface area contributed by atoms with E-state index in [4.69, 9.17) is 9.15 Å². The van der Waals surface area contributed by atoms with Crippen LogP contribution in [0.1, 0.15) is 23.0 Å². The Labute approximate surface area is 220 Å². The Morgan fingerprint density at radius 3 is 2.24 bits per heavy atom. The van der Waals surface area contributed by atoms with Crippen molar-refractivity contribution < 1.29 is 27.2 Å². The number of amides is 1. The van der Waals surface area contributed by atoms with E-state index in [1.54, 1.807) is 91.9 Å². The van der Waals surface area contributed by atoms with Crippen molar-refractivity contribution in [2.45, 2.75) is 11.8 Å². The topological polar surface area (TPSA) is 118 Å². The fourth-order valence-corrected chi connectivity index (χ4v) is 4.97. The Morgan fingerprint density at radius 1 is 0.921 bits per heavy atom. The first kappa shape index (κ1) is 26.4. The van der Waals surface area contributed by atoms with Crippen LogP contribution in [0.15, 0.2) is 111 Å². The number of esters is 1. The van der Waals surface area contributed by atoms with Crippen LogP contribution < -0.4 is 9.73 Å². The molecule has 4 aromatic rings. The lowest BCUT2D eigenvalue weighted by atomic mass is 10.1. The summed E-state index contributed by atoms with van der Waals surface area (Å²) >= 11 is 0. The van der Waals surface area contributed by atoms with E-state index < -0.39 is 28.4 Å². The second-order valence-corrected chi connectivity index (χ2v) is 9.82. The molecule has 0 aliphatic heterocycles. The predicted octanol–water partition coefficient (Wildman–Crippen LogP) is 4.47. The molecule has 0 unspecified atom stereocenters. The minimum absolute atomic E-state index is 0.0681. The van der Waals surface area contributed by atoms with E-state index in [2.05, 4.69) is 10.5 Å². The van der Waals surface area contributed by atoms with Crippen LogP contribution in [0.3, 0.4) is 0 Å². The molecule has 0 bridgehead atoms. The van der Waals surface area contributed by atoms with Gasteiger partial charge in [0.1, 0.15) is 18.1 Å². The van der Waals surface area contributed by atoms with Crippen LogP contribution in [0.2, 0.25) is 0 Å². The molecule has 1 N–H and O–H groups in total. The van der Waals surface area contributed by atoms with E-state index in [-0.39, 0.29) is 4.90 Å².